The monoisotopic (exact) mass is 210 g/mol. The van der Waals surface area contributed by atoms with Gasteiger partial charge in [-0.2, -0.15) is 0 Å². The van der Waals surface area contributed by atoms with Crippen molar-refractivity contribution in [3.8, 4) is 0 Å². The quantitative estimate of drug-likeness (QED) is 0.586. The van der Waals surface area contributed by atoms with Crippen LogP contribution in [0.25, 0.3) is 0 Å². The van der Waals surface area contributed by atoms with Crippen LogP contribution in [0.1, 0.15) is 30.4 Å². The Morgan fingerprint density at radius 3 is 2.67 bits per heavy atom. The van der Waals surface area contributed by atoms with Crippen LogP contribution in [0.2, 0.25) is 0 Å². The van der Waals surface area contributed by atoms with Crippen molar-refractivity contribution in [2.24, 2.45) is 11.8 Å². The number of hydrazine groups is 1. The zero-order chi connectivity index (χ0) is 10.7. The summed E-state index contributed by atoms with van der Waals surface area (Å²) in [4.78, 5) is 0. The third-order valence-electron chi connectivity index (χ3n) is 2.98. The fraction of sp³-hybridized carbons (Fsp3) is 0.636. The third kappa shape index (κ3) is 2.40. The van der Waals surface area contributed by atoms with Gasteiger partial charge in [0, 0.05) is 13.2 Å². The first-order valence-electron chi connectivity index (χ1n) is 5.41. The van der Waals surface area contributed by atoms with E-state index in [0.717, 1.165) is 37.6 Å². The SMILES string of the molecule is Cc1ccc(C(NN)C2CCOCC2)o1. The number of hydrogen-bond acceptors (Lipinski definition) is 4. The van der Waals surface area contributed by atoms with Crippen LogP contribution in [-0.4, -0.2) is 13.2 Å². The molecule has 1 fully saturated rings. The topological polar surface area (TPSA) is 60.4 Å². The van der Waals surface area contributed by atoms with Crippen LogP contribution in [0.3, 0.4) is 0 Å². The minimum Gasteiger partial charge on any atom is -0.465 e. The molecule has 1 aliphatic rings. The van der Waals surface area contributed by atoms with E-state index in [1.165, 1.54) is 0 Å². The molecule has 0 radical (unpaired) electrons. The van der Waals surface area contributed by atoms with Gasteiger partial charge in [0.1, 0.15) is 11.5 Å². The van der Waals surface area contributed by atoms with Gasteiger partial charge in [-0.3, -0.25) is 5.84 Å². The van der Waals surface area contributed by atoms with Crippen LogP contribution >= 0.6 is 0 Å². The van der Waals surface area contributed by atoms with Gasteiger partial charge < -0.3 is 9.15 Å². The number of ether oxygens (including phenoxy) is 1. The number of rotatable bonds is 3. The second-order valence-electron chi connectivity index (χ2n) is 4.04. The lowest BCUT2D eigenvalue weighted by molar-refractivity contribution is 0.0505. The maximum absolute atomic E-state index is 5.61. The van der Waals surface area contributed by atoms with Gasteiger partial charge in [-0.1, -0.05) is 0 Å². The fourth-order valence-corrected chi connectivity index (χ4v) is 2.12. The second-order valence-corrected chi connectivity index (χ2v) is 4.04. The maximum Gasteiger partial charge on any atom is 0.122 e. The van der Waals surface area contributed by atoms with Crippen LogP contribution in [0.4, 0.5) is 0 Å². The summed E-state index contributed by atoms with van der Waals surface area (Å²) in [6, 6.07) is 4.08. The standard InChI is InChI=1S/C11H18N2O2/c1-8-2-3-10(15-8)11(13-12)9-4-6-14-7-5-9/h2-3,9,11,13H,4-7,12H2,1H3. The van der Waals surface area contributed by atoms with Gasteiger partial charge in [0.2, 0.25) is 0 Å². The summed E-state index contributed by atoms with van der Waals surface area (Å²) in [6.07, 6.45) is 2.07. The molecule has 0 spiro atoms. The highest BCUT2D eigenvalue weighted by Crippen LogP contribution is 2.30. The van der Waals surface area contributed by atoms with Gasteiger partial charge in [0.25, 0.3) is 0 Å². The molecule has 0 amide bonds. The predicted octanol–water partition coefficient (Wildman–Crippen LogP) is 1.52. The van der Waals surface area contributed by atoms with E-state index in [1.54, 1.807) is 0 Å². The summed E-state index contributed by atoms with van der Waals surface area (Å²) in [5.74, 6) is 7.96. The molecule has 0 bridgehead atoms. The molecule has 0 aromatic carbocycles. The molecule has 4 nitrogen and oxygen atoms in total. The lowest BCUT2D eigenvalue weighted by Gasteiger charge is -2.28. The van der Waals surface area contributed by atoms with Crippen molar-refractivity contribution >= 4 is 0 Å². The average molecular weight is 210 g/mol. The van der Waals surface area contributed by atoms with Crippen molar-refractivity contribution in [3.05, 3.63) is 23.7 Å². The lowest BCUT2D eigenvalue weighted by atomic mass is 9.91. The highest BCUT2D eigenvalue weighted by molar-refractivity contribution is 5.10. The van der Waals surface area contributed by atoms with Gasteiger partial charge in [0.05, 0.1) is 6.04 Å². The summed E-state index contributed by atoms with van der Waals surface area (Å²) in [5, 5.41) is 0. The van der Waals surface area contributed by atoms with Crippen molar-refractivity contribution in [2.75, 3.05) is 13.2 Å². The van der Waals surface area contributed by atoms with Gasteiger partial charge in [-0.25, -0.2) is 5.43 Å². The molecule has 3 N–H and O–H groups in total. The molecule has 1 aromatic rings. The third-order valence-corrected chi connectivity index (χ3v) is 2.98. The van der Waals surface area contributed by atoms with Crippen molar-refractivity contribution < 1.29 is 9.15 Å². The van der Waals surface area contributed by atoms with E-state index >= 15 is 0 Å². The van der Waals surface area contributed by atoms with Crippen molar-refractivity contribution in [3.63, 3.8) is 0 Å². The average Bonchev–Trinajstić information content (AvgIpc) is 2.68. The van der Waals surface area contributed by atoms with Crippen LogP contribution < -0.4 is 11.3 Å². The van der Waals surface area contributed by atoms with E-state index in [1.807, 2.05) is 19.1 Å². The van der Waals surface area contributed by atoms with Crippen molar-refractivity contribution in [1.82, 2.24) is 5.43 Å². The van der Waals surface area contributed by atoms with Crippen LogP contribution in [0.15, 0.2) is 16.5 Å². The van der Waals surface area contributed by atoms with E-state index in [9.17, 15) is 0 Å². The zero-order valence-corrected chi connectivity index (χ0v) is 9.03. The Morgan fingerprint density at radius 2 is 2.13 bits per heavy atom. The first-order chi connectivity index (χ1) is 7.31. The molecule has 84 valence electrons. The largest absolute Gasteiger partial charge is 0.465 e. The lowest BCUT2D eigenvalue weighted by Crippen LogP contribution is -2.35. The predicted molar refractivity (Wildman–Crippen MR) is 57.1 cm³/mol. The van der Waals surface area contributed by atoms with Crippen molar-refractivity contribution in [1.29, 1.82) is 0 Å². The molecule has 0 aliphatic carbocycles. The minimum atomic E-state index is 0.114. The Hall–Kier alpha value is -0.840. The fourth-order valence-electron chi connectivity index (χ4n) is 2.12. The Labute approximate surface area is 89.7 Å². The zero-order valence-electron chi connectivity index (χ0n) is 9.03. The highest BCUT2D eigenvalue weighted by Gasteiger charge is 2.26. The smallest absolute Gasteiger partial charge is 0.122 e. The molecule has 1 unspecified atom stereocenters. The second kappa shape index (κ2) is 4.79. The minimum absolute atomic E-state index is 0.114. The van der Waals surface area contributed by atoms with Gasteiger partial charge in [-0.15, -0.1) is 0 Å². The van der Waals surface area contributed by atoms with Crippen molar-refractivity contribution in [2.45, 2.75) is 25.8 Å². The van der Waals surface area contributed by atoms with E-state index in [4.69, 9.17) is 15.0 Å². The number of hydrogen-bond donors (Lipinski definition) is 2. The van der Waals surface area contributed by atoms with Crippen LogP contribution in [-0.2, 0) is 4.74 Å². The molecular formula is C11H18N2O2. The van der Waals surface area contributed by atoms with Crippen LogP contribution in [0.5, 0.6) is 0 Å². The van der Waals surface area contributed by atoms with E-state index < -0.39 is 0 Å². The van der Waals surface area contributed by atoms with E-state index in [-0.39, 0.29) is 6.04 Å². The van der Waals surface area contributed by atoms with E-state index in [2.05, 4.69) is 5.43 Å². The molecule has 1 atom stereocenters. The maximum atomic E-state index is 5.61. The Bertz CT molecular complexity index is 305. The first-order valence-corrected chi connectivity index (χ1v) is 5.41. The van der Waals surface area contributed by atoms with E-state index in [0.29, 0.717) is 5.92 Å². The molecule has 2 rings (SSSR count). The first kappa shape index (κ1) is 10.7. The normalized spacial score (nSPS) is 20.4. The molecule has 0 saturated carbocycles. The van der Waals surface area contributed by atoms with Gasteiger partial charge in [0.15, 0.2) is 0 Å². The summed E-state index contributed by atoms with van der Waals surface area (Å²) in [7, 11) is 0. The molecular weight excluding hydrogens is 192 g/mol. The highest BCUT2D eigenvalue weighted by atomic mass is 16.5. The molecule has 1 saturated heterocycles. The number of furan rings is 1. The molecule has 15 heavy (non-hydrogen) atoms. The van der Waals surface area contributed by atoms with Gasteiger partial charge >= 0.3 is 0 Å². The Balaban J connectivity index is 2.08. The summed E-state index contributed by atoms with van der Waals surface area (Å²) < 4.78 is 10.9. The number of nitrogens with one attached hydrogen (secondary N) is 1. The molecule has 1 aliphatic heterocycles. The molecule has 1 aromatic heterocycles. The number of nitrogens with two attached hydrogens (primary N) is 1. The summed E-state index contributed by atoms with van der Waals surface area (Å²) >= 11 is 0. The van der Waals surface area contributed by atoms with Crippen LogP contribution in [0, 0.1) is 12.8 Å². The summed E-state index contributed by atoms with van der Waals surface area (Å²) in [6.45, 7) is 3.59. The molecule has 4 heteroatoms. The Morgan fingerprint density at radius 1 is 1.40 bits per heavy atom. The summed E-state index contributed by atoms with van der Waals surface area (Å²) in [5.41, 5.74) is 2.85. The van der Waals surface area contributed by atoms with Gasteiger partial charge in [-0.05, 0) is 37.8 Å². The Kier molecular flexibility index (Phi) is 3.41. The number of aryl methyl sites for hydroxylation is 1. The molecule has 2 heterocycles.